The van der Waals surface area contributed by atoms with E-state index in [9.17, 15) is 14.4 Å². The number of nitrogens with zero attached hydrogens (tertiary/aromatic N) is 1. The maximum Gasteiger partial charge on any atom is 0.262 e. The molecule has 8 heteroatoms. The summed E-state index contributed by atoms with van der Waals surface area (Å²) in [5, 5.41) is 3.46. The molecule has 2 aromatic rings. The minimum atomic E-state index is -0.928. The molecule has 0 saturated carbocycles. The number of thioether (sulfide) groups is 1. The number of carbonyl (C=O) groups is 3. The smallest absolute Gasteiger partial charge is 0.262 e. The van der Waals surface area contributed by atoms with Crippen LogP contribution < -0.4 is 5.32 Å². The van der Waals surface area contributed by atoms with Crippen LogP contribution in [0.5, 0.6) is 0 Å². The number of benzene rings is 2. The van der Waals surface area contributed by atoms with Gasteiger partial charge >= 0.3 is 0 Å². The SMILES string of the molecule is CSCC[C@H](C(=O)Nc1cc(Cl)cc(Cl)c1)N1C(=O)c2ccccc2C1=O. The number of halogens is 2. The number of hydrogen-bond acceptors (Lipinski definition) is 4. The second-order valence-electron chi connectivity index (χ2n) is 5.97. The van der Waals surface area contributed by atoms with Gasteiger partial charge in [0, 0.05) is 15.7 Å². The fourth-order valence-corrected chi connectivity index (χ4v) is 3.93. The molecule has 3 amide bonds. The molecule has 3 rings (SSSR count). The van der Waals surface area contributed by atoms with Crippen LogP contribution in [0.15, 0.2) is 42.5 Å². The number of carbonyl (C=O) groups excluding carboxylic acids is 3. The highest BCUT2D eigenvalue weighted by molar-refractivity contribution is 7.98. The molecule has 0 bridgehead atoms. The Bertz CT molecular complexity index is 864. The number of hydrogen-bond donors (Lipinski definition) is 1. The fraction of sp³-hybridized carbons (Fsp3) is 0.211. The van der Waals surface area contributed by atoms with E-state index in [-0.39, 0.29) is 0 Å². The highest BCUT2D eigenvalue weighted by Gasteiger charge is 2.42. The zero-order valence-electron chi connectivity index (χ0n) is 14.4. The molecule has 1 aliphatic rings. The van der Waals surface area contributed by atoms with E-state index >= 15 is 0 Å². The lowest BCUT2D eigenvalue weighted by Crippen LogP contribution is -2.47. The van der Waals surface area contributed by atoms with Gasteiger partial charge in [-0.05, 0) is 48.8 Å². The molecule has 140 valence electrons. The third-order valence-electron chi connectivity index (χ3n) is 4.17. The molecule has 0 unspecified atom stereocenters. The minimum Gasteiger partial charge on any atom is -0.324 e. The summed E-state index contributed by atoms with van der Waals surface area (Å²) in [7, 11) is 0. The zero-order valence-corrected chi connectivity index (χ0v) is 16.7. The van der Waals surface area contributed by atoms with Gasteiger partial charge in [-0.2, -0.15) is 11.8 Å². The number of amides is 3. The van der Waals surface area contributed by atoms with E-state index in [0.717, 1.165) is 4.90 Å². The Morgan fingerprint density at radius 2 is 1.63 bits per heavy atom. The zero-order chi connectivity index (χ0) is 19.6. The molecule has 2 aromatic carbocycles. The summed E-state index contributed by atoms with van der Waals surface area (Å²) in [6, 6.07) is 10.3. The summed E-state index contributed by atoms with van der Waals surface area (Å²) in [6.45, 7) is 0. The summed E-state index contributed by atoms with van der Waals surface area (Å²) in [5.74, 6) is -0.763. The van der Waals surface area contributed by atoms with Crippen LogP contribution >= 0.6 is 35.0 Å². The van der Waals surface area contributed by atoms with Gasteiger partial charge in [-0.3, -0.25) is 19.3 Å². The van der Waals surface area contributed by atoms with Gasteiger partial charge in [-0.25, -0.2) is 0 Å². The maximum absolute atomic E-state index is 12.9. The molecule has 1 N–H and O–H groups in total. The summed E-state index contributed by atoms with van der Waals surface area (Å²) < 4.78 is 0. The van der Waals surface area contributed by atoms with Crippen LogP contribution in [-0.4, -0.2) is 40.7 Å². The summed E-state index contributed by atoms with van der Waals surface area (Å²) in [6.07, 6.45) is 2.24. The van der Waals surface area contributed by atoms with Crippen LogP contribution in [0.1, 0.15) is 27.1 Å². The van der Waals surface area contributed by atoms with Gasteiger partial charge in [-0.1, -0.05) is 35.3 Å². The first-order valence-corrected chi connectivity index (χ1v) is 10.3. The standard InChI is InChI=1S/C19H16Cl2N2O3S/c1-27-7-6-16(17(24)22-13-9-11(20)8-12(21)10-13)23-18(25)14-4-2-3-5-15(14)19(23)26/h2-5,8-10,16H,6-7H2,1H3,(H,22,24)/t16-/m1/s1. The van der Waals surface area contributed by atoms with Crippen molar-refractivity contribution in [3.8, 4) is 0 Å². The molecule has 0 aliphatic carbocycles. The largest absolute Gasteiger partial charge is 0.324 e. The lowest BCUT2D eigenvalue weighted by Gasteiger charge is -2.25. The quantitative estimate of drug-likeness (QED) is 0.702. The molecule has 0 aromatic heterocycles. The molecule has 1 heterocycles. The Hall–Kier alpha value is -2.02. The number of nitrogens with one attached hydrogen (secondary N) is 1. The van der Waals surface area contributed by atoms with Crippen LogP contribution in [0.3, 0.4) is 0 Å². The van der Waals surface area contributed by atoms with Crippen molar-refractivity contribution in [3.63, 3.8) is 0 Å². The predicted octanol–water partition coefficient (Wildman–Crippen LogP) is 4.35. The Morgan fingerprint density at radius 1 is 1.07 bits per heavy atom. The van der Waals surface area contributed by atoms with Crippen LogP contribution in [-0.2, 0) is 4.79 Å². The minimum absolute atomic E-state index is 0.315. The summed E-state index contributed by atoms with van der Waals surface area (Å²) in [4.78, 5) is 39.5. The highest BCUT2D eigenvalue weighted by atomic mass is 35.5. The maximum atomic E-state index is 12.9. The molecule has 1 aliphatic heterocycles. The first kappa shape index (κ1) is 19.7. The van der Waals surface area contributed by atoms with E-state index in [1.54, 1.807) is 42.5 Å². The highest BCUT2D eigenvalue weighted by Crippen LogP contribution is 2.28. The molecule has 0 radical (unpaired) electrons. The van der Waals surface area contributed by atoms with Crippen LogP contribution in [0.25, 0.3) is 0 Å². The normalized spacial score (nSPS) is 14.3. The molecular formula is C19H16Cl2N2O3S. The molecule has 27 heavy (non-hydrogen) atoms. The molecule has 0 spiro atoms. The lowest BCUT2D eigenvalue weighted by atomic mass is 10.1. The Kier molecular flexibility index (Phi) is 6.09. The number of anilines is 1. The first-order chi connectivity index (χ1) is 12.9. The van der Waals surface area contributed by atoms with Crippen molar-refractivity contribution in [2.24, 2.45) is 0 Å². The molecule has 0 saturated heterocycles. The van der Waals surface area contributed by atoms with Gasteiger partial charge < -0.3 is 5.32 Å². The lowest BCUT2D eigenvalue weighted by molar-refractivity contribution is -0.120. The average molecular weight is 423 g/mol. The Balaban J connectivity index is 1.89. The van der Waals surface area contributed by atoms with E-state index in [2.05, 4.69) is 5.32 Å². The number of rotatable bonds is 6. The average Bonchev–Trinajstić information content (AvgIpc) is 2.87. The van der Waals surface area contributed by atoms with Crippen LogP contribution in [0.4, 0.5) is 5.69 Å². The molecule has 5 nitrogen and oxygen atoms in total. The van der Waals surface area contributed by atoms with E-state index in [1.165, 1.54) is 11.8 Å². The van der Waals surface area contributed by atoms with Gasteiger partial charge in [0.2, 0.25) is 5.91 Å². The third kappa shape index (κ3) is 4.13. The number of fused-ring (bicyclic) bond motifs is 1. The Labute approximate surface area is 171 Å². The van der Waals surface area contributed by atoms with Crippen molar-refractivity contribution in [2.45, 2.75) is 12.5 Å². The topological polar surface area (TPSA) is 66.5 Å². The Morgan fingerprint density at radius 3 is 2.15 bits per heavy atom. The van der Waals surface area contributed by atoms with Gasteiger partial charge in [0.25, 0.3) is 11.8 Å². The van der Waals surface area contributed by atoms with E-state index in [4.69, 9.17) is 23.2 Å². The predicted molar refractivity (Wildman–Crippen MR) is 109 cm³/mol. The molecular weight excluding hydrogens is 407 g/mol. The second kappa shape index (κ2) is 8.33. The van der Waals surface area contributed by atoms with Crippen molar-refractivity contribution in [2.75, 3.05) is 17.3 Å². The van der Waals surface area contributed by atoms with Crippen molar-refractivity contribution in [3.05, 3.63) is 63.6 Å². The van der Waals surface area contributed by atoms with Gasteiger partial charge in [-0.15, -0.1) is 0 Å². The van der Waals surface area contributed by atoms with Crippen molar-refractivity contribution in [1.29, 1.82) is 0 Å². The molecule has 0 fully saturated rings. The van der Waals surface area contributed by atoms with Crippen LogP contribution in [0.2, 0.25) is 10.0 Å². The first-order valence-electron chi connectivity index (χ1n) is 8.15. The van der Waals surface area contributed by atoms with Crippen molar-refractivity contribution >= 4 is 58.4 Å². The fourth-order valence-electron chi connectivity index (χ4n) is 2.95. The molecule has 1 atom stereocenters. The van der Waals surface area contributed by atoms with Crippen molar-refractivity contribution < 1.29 is 14.4 Å². The summed E-state index contributed by atoms with van der Waals surface area (Å²) in [5.41, 5.74) is 1.04. The third-order valence-corrected chi connectivity index (χ3v) is 5.25. The van der Waals surface area contributed by atoms with Gasteiger partial charge in [0.05, 0.1) is 11.1 Å². The van der Waals surface area contributed by atoms with Gasteiger partial charge in [0.1, 0.15) is 6.04 Å². The monoisotopic (exact) mass is 422 g/mol. The van der Waals surface area contributed by atoms with E-state index < -0.39 is 23.8 Å². The number of imide groups is 1. The van der Waals surface area contributed by atoms with E-state index in [1.807, 2.05) is 6.26 Å². The van der Waals surface area contributed by atoms with E-state index in [0.29, 0.717) is 39.0 Å². The van der Waals surface area contributed by atoms with Gasteiger partial charge in [0.15, 0.2) is 0 Å². The second-order valence-corrected chi connectivity index (χ2v) is 7.83. The van der Waals surface area contributed by atoms with Crippen LogP contribution in [0, 0.1) is 0 Å². The van der Waals surface area contributed by atoms with Crippen molar-refractivity contribution in [1.82, 2.24) is 4.90 Å². The summed E-state index contributed by atoms with van der Waals surface area (Å²) >= 11 is 13.5.